The zero-order chi connectivity index (χ0) is 17.0. The maximum absolute atomic E-state index is 11.8. The van der Waals surface area contributed by atoms with Crippen molar-refractivity contribution in [3.63, 3.8) is 0 Å². The van der Waals surface area contributed by atoms with Crippen LogP contribution in [0.5, 0.6) is 11.5 Å². The molecule has 0 aliphatic rings. The van der Waals surface area contributed by atoms with Crippen molar-refractivity contribution >= 4 is 29.2 Å². The van der Waals surface area contributed by atoms with Crippen LogP contribution in [0.1, 0.15) is 26.3 Å². The molecule has 5 heteroatoms. The second-order valence-electron chi connectivity index (χ2n) is 6.11. The predicted octanol–water partition coefficient (Wildman–Crippen LogP) is 5.28. The van der Waals surface area contributed by atoms with Gasteiger partial charge in [-0.2, -0.15) is 0 Å². The van der Waals surface area contributed by atoms with E-state index in [1.54, 1.807) is 30.3 Å². The Hall–Kier alpha value is -1.71. The number of hydrogen-bond donors (Lipinski definition) is 0. The van der Waals surface area contributed by atoms with Crippen molar-refractivity contribution in [3.8, 4) is 11.5 Å². The van der Waals surface area contributed by atoms with Crippen LogP contribution in [0.25, 0.3) is 0 Å². The smallest absolute Gasteiger partial charge is 0.349 e. The molecule has 2 rings (SSSR count). The van der Waals surface area contributed by atoms with E-state index in [9.17, 15) is 4.79 Å². The molecule has 0 bridgehead atoms. The summed E-state index contributed by atoms with van der Waals surface area (Å²) in [5.74, 6) is 0.365. The molecule has 0 aromatic heterocycles. The van der Waals surface area contributed by atoms with Crippen LogP contribution >= 0.6 is 23.2 Å². The van der Waals surface area contributed by atoms with Gasteiger partial charge in [0.15, 0.2) is 6.61 Å². The highest BCUT2D eigenvalue weighted by Gasteiger charge is 2.14. The van der Waals surface area contributed by atoms with Gasteiger partial charge in [-0.05, 0) is 41.3 Å². The Morgan fingerprint density at radius 2 is 1.70 bits per heavy atom. The first-order chi connectivity index (χ1) is 10.8. The number of rotatable bonds is 4. The third-order valence-corrected chi connectivity index (χ3v) is 3.72. The van der Waals surface area contributed by atoms with E-state index >= 15 is 0 Å². The van der Waals surface area contributed by atoms with Gasteiger partial charge in [0.25, 0.3) is 0 Å². The van der Waals surface area contributed by atoms with Crippen molar-refractivity contribution in [2.45, 2.75) is 26.2 Å². The van der Waals surface area contributed by atoms with Crippen molar-refractivity contribution in [1.29, 1.82) is 0 Å². The van der Waals surface area contributed by atoms with Crippen molar-refractivity contribution in [2.75, 3.05) is 6.61 Å². The van der Waals surface area contributed by atoms with Crippen molar-refractivity contribution in [1.82, 2.24) is 0 Å². The van der Waals surface area contributed by atoms with Crippen molar-refractivity contribution < 1.29 is 14.3 Å². The molecule has 0 amide bonds. The van der Waals surface area contributed by atoms with Crippen molar-refractivity contribution in [2.24, 2.45) is 0 Å². The molecule has 0 saturated carbocycles. The minimum Gasteiger partial charge on any atom is -0.480 e. The summed E-state index contributed by atoms with van der Waals surface area (Å²) in [5.41, 5.74) is 1.22. The Balaban J connectivity index is 1.92. The lowest BCUT2D eigenvalue weighted by molar-refractivity contribution is -0.136. The summed E-state index contributed by atoms with van der Waals surface area (Å²) in [6.07, 6.45) is 0. The third-order valence-electron chi connectivity index (χ3n) is 3.19. The van der Waals surface area contributed by atoms with Crippen molar-refractivity contribution in [3.05, 3.63) is 58.1 Å². The van der Waals surface area contributed by atoms with E-state index in [0.29, 0.717) is 21.5 Å². The number of ether oxygens (including phenoxy) is 2. The number of halogens is 2. The summed E-state index contributed by atoms with van der Waals surface area (Å²) >= 11 is 11.8. The summed E-state index contributed by atoms with van der Waals surface area (Å²) in [6, 6.07) is 12.2. The highest BCUT2D eigenvalue weighted by atomic mass is 35.5. The predicted molar refractivity (Wildman–Crippen MR) is 92.7 cm³/mol. The van der Waals surface area contributed by atoms with Gasteiger partial charge in [-0.1, -0.05) is 56.1 Å². The lowest BCUT2D eigenvalue weighted by atomic mass is 9.87. The Morgan fingerprint density at radius 1 is 1.04 bits per heavy atom. The molecule has 0 heterocycles. The summed E-state index contributed by atoms with van der Waals surface area (Å²) in [4.78, 5) is 11.8. The van der Waals surface area contributed by atoms with E-state index in [1.165, 1.54) is 5.56 Å². The van der Waals surface area contributed by atoms with Gasteiger partial charge in [-0.25, -0.2) is 4.79 Å². The first-order valence-electron chi connectivity index (χ1n) is 7.15. The lowest BCUT2D eigenvalue weighted by Crippen LogP contribution is -2.18. The fourth-order valence-electron chi connectivity index (χ4n) is 1.91. The molecule has 2 aromatic carbocycles. The molecule has 0 fully saturated rings. The molecule has 0 aliphatic carbocycles. The molecule has 0 radical (unpaired) electrons. The average molecular weight is 353 g/mol. The average Bonchev–Trinajstić information content (AvgIpc) is 2.46. The van der Waals surface area contributed by atoms with Crippen LogP contribution in [0.3, 0.4) is 0 Å². The van der Waals surface area contributed by atoms with Gasteiger partial charge in [0.2, 0.25) is 0 Å². The summed E-state index contributed by atoms with van der Waals surface area (Å²) in [5, 5.41) is 0.851. The molecular formula is C18H18Cl2O3. The van der Waals surface area contributed by atoms with E-state index < -0.39 is 5.97 Å². The zero-order valence-corrected chi connectivity index (χ0v) is 14.7. The monoisotopic (exact) mass is 352 g/mol. The van der Waals surface area contributed by atoms with Crippen LogP contribution in [0.2, 0.25) is 10.0 Å². The molecule has 0 saturated heterocycles. The number of benzene rings is 2. The Labute approximate surface area is 146 Å². The summed E-state index contributed by atoms with van der Waals surface area (Å²) in [6.45, 7) is 6.13. The SMILES string of the molecule is CC(C)(C)c1ccc(OC(=O)COc2ccc(Cl)cc2Cl)cc1. The minimum atomic E-state index is -0.500. The Bertz CT molecular complexity index is 688. The fraction of sp³-hybridized carbons (Fsp3) is 0.278. The molecule has 0 atom stereocenters. The van der Waals surface area contributed by atoms with Gasteiger partial charge in [0.1, 0.15) is 11.5 Å². The van der Waals surface area contributed by atoms with E-state index in [1.807, 2.05) is 12.1 Å². The quantitative estimate of drug-likeness (QED) is 0.554. The molecule has 23 heavy (non-hydrogen) atoms. The molecule has 0 aliphatic heterocycles. The van der Waals surface area contributed by atoms with Crippen LogP contribution in [-0.2, 0) is 10.2 Å². The van der Waals surface area contributed by atoms with Gasteiger partial charge in [-0.3, -0.25) is 0 Å². The fourth-order valence-corrected chi connectivity index (χ4v) is 2.38. The molecule has 0 unspecified atom stereocenters. The van der Waals surface area contributed by atoms with Crippen LogP contribution in [0, 0.1) is 0 Å². The number of carbonyl (C=O) groups excluding carboxylic acids is 1. The van der Waals surface area contributed by atoms with Gasteiger partial charge in [0.05, 0.1) is 5.02 Å². The van der Waals surface area contributed by atoms with Crippen LogP contribution in [-0.4, -0.2) is 12.6 Å². The second kappa shape index (κ2) is 7.24. The first-order valence-corrected chi connectivity index (χ1v) is 7.90. The summed E-state index contributed by atoms with van der Waals surface area (Å²) < 4.78 is 10.6. The normalized spacial score (nSPS) is 11.2. The standard InChI is InChI=1S/C18H18Cl2O3/c1-18(2,3)12-4-7-14(8-5-12)23-17(21)11-22-16-9-6-13(19)10-15(16)20/h4-10H,11H2,1-3H3. The van der Waals surface area contributed by atoms with Gasteiger partial charge >= 0.3 is 5.97 Å². The second-order valence-corrected chi connectivity index (χ2v) is 6.96. The molecular weight excluding hydrogens is 335 g/mol. The lowest BCUT2D eigenvalue weighted by Gasteiger charge is -2.19. The number of carbonyl (C=O) groups is 1. The molecule has 3 nitrogen and oxygen atoms in total. The van der Waals surface area contributed by atoms with Crippen LogP contribution < -0.4 is 9.47 Å². The van der Waals surface area contributed by atoms with Crippen LogP contribution in [0.4, 0.5) is 0 Å². The van der Waals surface area contributed by atoms with Crippen LogP contribution in [0.15, 0.2) is 42.5 Å². The van der Waals surface area contributed by atoms with E-state index in [0.717, 1.165) is 0 Å². The van der Waals surface area contributed by atoms with E-state index in [-0.39, 0.29) is 12.0 Å². The molecule has 0 N–H and O–H groups in total. The largest absolute Gasteiger partial charge is 0.480 e. The highest BCUT2D eigenvalue weighted by molar-refractivity contribution is 6.35. The number of hydrogen-bond acceptors (Lipinski definition) is 3. The maximum atomic E-state index is 11.8. The summed E-state index contributed by atoms with van der Waals surface area (Å²) in [7, 11) is 0. The minimum absolute atomic E-state index is 0.0526. The topological polar surface area (TPSA) is 35.5 Å². The first kappa shape index (κ1) is 17.6. The molecule has 2 aromatic rings. The van der Waals surface area contributed by atoms with Gasteiger partial charge in [-0.15, -0.1) is 0 Å². The third kappa shape index (κ3) is 5.15. The zero-order valence-electron chi connectivity index (χ0n) is 13.2. The molecule has 122 valence electrons. The maximum Gasteiger partial charge on any atom is 0.349 e. The highest BCUT2D eigenvalue weighted by Crippen LogP contribution is 2.27. The Morgan fingerprint density at radius 3 is 2.26 bits per heavy atom. The van der Waals surface area contributed by atoms with E-state index in [4.69, 9.17) is 32.7 Å². The Kier molecular flexibility index (Phi) is 5.55. The van der Waals surface area contributed by atoms with Gasteiger partial charge in [0, 0.05) is 5.02 Å². The number of esters is 1. The van der Waals surface area contributed by atoms with E-state index in [2.05, 4.69) is 20.8 Å². The van der Waals surface area contributed by atoms with Gasteiger partial charge < -0.3 is 9.47 Å². The molecule has 0 spiro atoms.